The Morgan fingerprint density at radius 1 is 0.564 bits per heavy atom. The van der Waals surface area contributed by atoms with E-state index in [1.165, 1.54) is 77.0 Å². The van der Waals surface area contributed by atoms with Crippen LogP contribution in [0.5, 0.6) is 0 Å². The van der Waals surface area contributed by atoms with Gasteiger partial charge in [-0.2, -0.15) is 0 Å². The van der Waals surface area contributed by atoms with Gasteiger partial charge in [0.1, 0.15) is 12.1 Å². The summed E-state index contributed by atoms with van der Waals surface area (Å²) < 4.78 is 5.92. The Kier molecular flexibility index (Phi) is 26.8. The molecule has 0 saturated heterocycles. The average molecular weight is 554 g/mol. The van der Waals surface area contributed by atoms with Crippen molar-refractivity contribution in [3.05, 3.63) is 0 Å². The fourth-order valence-corrected chi connectivity index (χ4v) is 5.02. The molecule has 0 aliphatic carbocycles. The number of rotatable bonds is 29. The van der Waals surface area contributed by atoms with Gasteiger partial charge in [-0.25, -0.2) is 4.79 Å². The summed E-state index contributed by atoms with van der Waals surface area (Å²) in [6, 6.07) is -0.889. The number of nitrogens with one attached hydrogen (secondary N) is 1. The Hall–Kier alpha value is -1.59. The predicted octanol–water partition coefficient (Wildman–Crippen LogP) is 9.28. The minimum Gasteiger partial charge on any atom is -0.481 e. The highest BCUT2D eigenvalue weighted by molar-refractivity contribution is 5.85. The van der Waals surface area contributed by atoms with Crippen molar-refractivity contribution in [2.45, 2.75) is 193 Å². The van der Waals surface area contributed by atoms with E-state index in [2.05, 4.69) is 26.1 Å². The van der Waals surface area contributed by atoms with E-state index in [9.17, 15) is 19.5 Å². The number of carbonyl (C=O) groups excluding carboxylic acids is 2. The number of aliphatic carboxylic acids is 1. The molecule has 0 spiro atoms. The Bertz CT molecular complexity index is 595. The molecule has 0 aliphatic heterocycles. The topological polar surface area (TPSA) is 92.7 Å². The number of hydrogen-bond donors (Lipinski definition) is 2. The van der Waals surface area contributed by atoms with Crippen LogP contribution in [0.3, 0.4) is 0 Å². The van der Waals surface area contributed by atoms with E-state index in [0.717, 1.165) is 64.2 Å². The molecule has 230 valence electrons. The first-order chi connectivity index (χ1) is 18.9. The zero-order valence-electron chi connectivity index (χ0n) is 25.9. The van der Waals surface area contributed by atoms with Gasteiger partial charge in [0.05, 0.1) is 0 Å². The summed E-state index contributed by atoms with van der Waals surface area (Å²) in [4.78, 5) is 36.9. The zero-order chi connectivity index (χ0) is 29.0. The minimum atomic E-state index is -0.972. The second-order valence-corrected chi connectivity index (χ2v) is 11.4. The third-order valence-electron chi connectivity index (χ3n) is 7.57. The van der Waals surface area contributed by atoms with Gasteiger partial charge in [0.15, 0.2) is 0 Å². The molecule has 0 aromatic heterocycles. The molecule has 39 heavy (non-hydrogen) atoms. The summed E-state index contributed by atoms with van der Waals surface area (Å²) in [7, 11) is 0. The molecule has 0 bridgehead atoms. The third kappa shape index (κ3) is 25.1. The van der Waals surface area contributed by atoms with Crippen molar-refractivity contribution in [3.63, 3.8) is 0 Å². The van der Waals surface area contributed by atoms with Gasteiger partial charge in [-0.15, -0.1) is 0 Å². The fourth-order valence-electron chi connectivity index (χ4n) is 5.02. The minimum absolute atomic E-state index is 0.0671. The Morgan fingerprint density at radius 3 is 1.44 bits per heavy atom. The lowest BCUT2D eigenvalue weighted by Crippen LogP contribution is -2.43. The first kappa shape index (κ1) is 37.4. The van der Waals surface area contributed by atoms with Crippen molar-refractivity contribution in [2.75, 3.05) is 0 Å². The molecular formula is C33H63NO5. The van der Waals surface area contributed by atoms with Crippen molar-refractivity contribution in [1.82, 2.24) is 5.32 Å². The number of unbranched alkanes of at least 4 members (excludes halogenated alkanes) is 17. The third-order valence-corrected chi connectivity index (χ3v) is 7.57. The van der Waals surface area contributed by atoms with Crippen molar-refractivity contribution < 1.29 is 24.2 Å². The van der Waals surface area contributed by atoms with Crippen LogP contribution in [-0.2, 0) is 19.1 Å². The van der Waals surface area contributed by atoms with Crippen LogP contribution >= 0.6 is 0 Å². The number of carboxylic acid groups (broad SMARTS) is 1. The van der Waals surface area contributed by atoms with Crippen molar-refractivity contribution >= 4 is 17.8 Å². The zero-order valence-corrected chi connectivity index (χ0v) is 25.9. The molecule has 0 aliphatic rings. The standard InChI is InChI=1S/C33H63NO5/c1-4-7-10-13-15-16-18-20-23-26-31(35)34-30(27-28-32(36)37)33(38)39-29(24-21-12-9-6-3)25-22-19-17-14-11-8-5-2/h29-30H,4-28H2,1-3H3,(H,34,35)(H,36,37)/t29?,30-/m0/s1. The molecule has 0 saturated carbocycles. The molecule has 0 radical (unpaired) electrons. The van der Waals surface area contributed by atoms with Gasteiger partial charge in [-0.05, 0) is 38.5 Å². The van der Waals surface area contributed by atoms with Crippen LogP contribution < -0.4 is 5.32 Å². The summed E-state index contributed by atoms with van der Waals surface area (Å²) in [5.41, 5.74) is 0. The van der Waals surface area contributed by atoms with E-state index in [1.807, 2.05) is 0 Å². The Balaban J connectivity index is 4.67. The van der Waals surface area contributed by atoms with Gasteiger partial charge in [-0.1, -0.05) is 130 Å². The quantitative estimate of drug-likeness (QED) is 0.0711. The summed E-state index contributed by atoms with van der Waals surface area (Å²) >= 11 is 0. The first-order valence-electron chi connectivity index (χ1n) is 16.7. The van der Waals surface area contributed by atoms with Gasteiger partial charge in [-0.3, -0.25) is 9.59 Å². The maximum absolute atomic E-state index is 13.1. The van der Waals surface area contributed by atoms with Gasteiger partial charge >= 0.3 is 11.9 Å². The second kappa shape index (κ2) is 28.0. The average Bonchev–Trinajstić information content (AvgIpc) is 2.91. The molecule has 0 aromatic carbocycles. The molecule has 6 nitrogen and oxygen atoms in total. The number of amides is 1. The lowest BCUT2D eigenvalue weighted by Gasteiger charge is -2.23. The molecule has 0 fully saturated rings. The van der Waals surface area contributed by atoms with E-state index in [0.29, 0.717) is 6.42 Å². The summed E-state index contributed by atoms with van der Waals surface area (Å²) in [5, 5.41) is 12.0. The Labute approximate surface area is 240 Å². The van der Waals surface area contributed by atoms with Crippen molar-refractivity contribution in [1.29, 1.82) is 0 Å². The molecule has 2 N–H and O–H groups in total. The number of esters is 1. The van der Waals surface area contributed by atoms with Crippen LogP contribution in [0.4, 0.5) is 0 Å². The molecule has 1 unspecified atom stereocenters. The van der Waals surface area contributed by atoms with Crippen molar-refractivity contribution in [3.8, 4) is 0 Å². The highest BCUT2D eigenvalue weighted by Gasteiger charge is 2.26. The first-order valence-corrected chi connectivity index (χ1v) is 16.7. The van der Waals surface area contributed by atoms with Crippen LogP contribution in [0.15, 0.2) is 0 Å². The lowest BCUT2D eigenvalue weighted by molar-refractivity contribution is -0.154. The van der Waals surface area contributed by atoms with E-state index in [1.54, 1.807) is 0 Å². The van der Waals surface area contributed by atoms with E-state index in [-0.39, 0.29) is 24.9 Å². The molecule has 6 heteroatoms. The molecule has 2 atom stereocenters. The van der Waals surface area contributed by atoms with Gasteiger partial charge in [0.2, 0.25) is 5.91 Å². The lowest BCUT2D eigenvalue weighted by atomic mass is 10.0. The summed E-state index contributed by atoms with van der Waals surface area (Å²) in [6.07, 6.45) is 25.3. The molecule has 0 aromatic rings. The number of hydrogen-bond acceptors (Lipinski definition) is 4. The number of carbonyl (C=O) groups is 3. The highest BCUT2D eigenvalue weighted by Crippen LogP contribution is 2.18. The molecule has 0 rings (SSSR count). The van der Waals surface area contributed by atoms with Crippen LogP contribution in [0.25, 0.3) is 0 Å². The fraction of sp³-hybridized carbons (Fsp3) is 0.909. The van der Waals surface area contributed by atoms with Crippen LogP contribution in [0, 0.1) is 0 Å². The Morgan fingerprint density at radius 2 is 0.974 bits per heavy atom. The highest BCUT2D eigenvalue weighted by atomic mass is 16.5. The van der Waals surface area contributed by atoms with Gasteiger partial charge in [0, 0.05) is 12.8 Å². The second-order valence-electron chi connectivity index (χ2n) is 11.4. The molecular weight excluding hydrogens is 490 g/mol. The normalized spacial score (nSPS) is 12.7. The van der Waals surface area contributed by atoms with E-state index < -0.39 is 18.0 Å². The summed E-state index contributed by atoms with van der Waals surface area (Å²) in [5.74, 6) is -1.63. The number of ether oxygens (including phenoxy) is 1. The SMILES string of the molecule is CCCCCCCCCCCC(=O)N[C@@H](CCC(=O)O)C(=O)OC(CCCCCC)CCCCCCCCC. The monoisotopic (exact) mass is 553 g/mol. The van der Waals surface area contributed by atoms with Crippen LogP contribution in [-0.4, -0.2) is 35.1 Å². The largest absolute Gasteiger partial charge is 0.481 e. The predicted molar refractivity (Wildman–Crippen MR) is 162 cm³/mol. The van der Waals surface area contributed by atoms with Crippen LogP contribution in [0.1, 0.15) is 181 Å². The summed E-state index contributed by atoms with van der Waals surface area (Å²) in [6.45, 7) is 6.63. The van der Waals surface area contributed by atoms with E-state index >= 15 is 0 Å². The molecule has 0 heterocycles. The van der Waals surface area contributed by atoms with Crippen LogP contribution in [0.2, 0.25) is 0 Å². The smallest absolute Gasteiger partial charge is 0.328 e. The maximum Gasteiger partial charge on any atom is 0.328 e. The molecule has 1 amide bonds. The van der Waals surface area contributed by atoms with E-state index in [4.69, 9.17) is 4.74 Å². The maximum atomic E-state index is 13.1. The van der Waals surface area contributed by atoms with Crippen molar-refractivity contribution in [2.24, 2.45) is 0 Å². The number of carboxylic acids is 1. The van der Waals surface area contributed by atoms with Gasteiger partial charge in [0.25, 0.3) is 0 Å². The van der Waals surface area contributed by atoms with Gasteiger partial charge < -0.3 is 15.2 Å².